The molecule has 0 heterocycles. The lowest BCUT2D eigenvalue weighted by atomic mass is 10.2. The van der Waals surface area contributed by atoms with Gasteiger partial charge in [-0.15, -0.1) is 0 Å². The fraction of sp³-hybridized carbons (Fsp3) is 0.818. The van der Waals surface area contributed by atoms with Gasteiger partial charge < -0.3 is 9.80 Å². The Bertz CT molecular complexity index is 232. The van der Waals surface area contributed by atoms with E-state index in [-0.39, 0.29) is 6.03 Å². The fourth-order valence-corrected chi connectivity index (χ4v) is 1.27. The van der Waals surface area contributed by atoms with Crippen molar-refractivity contribution >= 4 is 6.03 Å². The molecule has 0 saturated heterocycles. The lowest BCUT2D eigenvalue weighted by molar-refractivity contribution is 0.160. The summed E-state index contributed by atoms with van der Waals surface area (Å²) in [5.74, 6) is 0.429. The highest BCUT2D eigenvalue weighted by atomic mass is 16.2. The Balaban J connectivity index is 4.34. The van der Waals surface area contributed by atoms with Gasteiger partial charge in [-0.1, -0.05) is 13.8 Å². The van der Waals surface area contributed by atoms with Gasteiger partial charge in [-0.05, 0) is 12.8 Å². The fourth-order valence-electron chi connectivity index (χ4n) is 1.27. The highest BCUT2D eigenvalue weighted by molar-refractivity contribution is 5.74. The normalized spacial score (nSPS) is 9.87. The lowest BCUT2D eigenvalue weighted by Crippen LogP contribution is -2.43. The van der Waals surface area contributed by atoms with Crippen LogP contribution in [0.25, 0.3) is 0 Å². The Morgan fingerprint density at radius 1 is 1.47 bits per heavy atom. The molecule has 4 nitrogen and oxygen atoms in total. The van der Waals surface area contributed by atoms with E-state index in [1.165, 1.54) is 0 Å². The molecule has 0 aliphatic heterocycles. The maximum Gasteiger partial charge on any atom is 0.319 e. The summed E-state index contributed by atoms with van der Waals surface area (Å²) in [4.78, 5) is 15.3. The van der Waals surface area contributed by atoms with E-state index in [0.717, 1.165) is 0 Å². The molecule has 0 unspecified atom stereocenters. The van der Waals surface area contributed by atoms with Crippen molar-refractivity contribution in [2.75, 3.05) is 26.7 Å². The molecule has 86 valence electrons. The van der Waals surface area contributed by atoms with E-state index in [9.17, 15) is 4.79 Å². The van der Waals surface area contributed by atoms with E-state index in [4.69, 9.17) is 5.26 Å². The third-order valence-electron chi connectivity index (χ3n) is 2.15. The molecule has 0 aromatic rings. The zero-order valence-corrected chi connectivity index (χ0v) is 10.2. The first-order chi connectivity index (χ1) is 7.02. The molecule has 0 fully saturated rings. The van der Waals surface area contributed by atoms with Gasteiger partial charge >= 0.3 is 6.03 Å². The van der Waals surface area contributed by atoms with Crippen LogP contribution in [0.2, 0.25) is 0 Å². The van der Waals surface area contributed by atoms with Crippen molar-refractivity contribution in [3.8, 4) is 6.07 Å². The zero-order valence-electron chi connectivity index (χ0n) is 10.2. The van der Waals surface area contributed by atoms with Crippen molar-refractivity contribution in [3.05, 3.63) is 0 Å². The van der Waals surface area contributed by atoms with Crippen LogP contribution < -0.4 is 0 Å². The summed E-state index contributed by atoms with van der Waals surface area (Å²) in [6, 6.07) is 2.09. The molecular weight excluding hydrogens is 190 g/mol. The summed E-state index contributed by atoms with van der Waals surface area (Å²) >= 11 is 0. The summed E-state index contributed by atoms with van der Waals surface area (Å²) in [6.45, 7) is 8.01. The number of rotatable bonds is 5. The minimum Gasteiger partial charge on any atom is -0.328 e. The molecule has 2 amide bonds. The second-order valence-corrected chi connectivity index (χ2v) is 4.04. The topological polar surface area (TPSA) is 47.3 Å². The van der Waals surface area contributed by atoms with Crippen LogP contribution in [-0.4, -0.2) is 42.5 Å². The van der Waals surface area contributed by atoms with Crippen molar-refractivity contribution < 1.29 is 4.79 Å². The summed E-state index contributed by atoms with van der Waals surface area (Å²) < 4.78 is 0. The lowest BCUT2D eigenvalue weighted by Gasteiger charge is -2.28. The molecule has 0 N–H and O–H groups in total. The first-order valence-electron chi connectivity index (χ1n) is 5.39. The number of hydrogen-bond acceptors (Lipinski definition) is 2. The molecule has 15 heavy (non-hydrogen) atoms. The maximum atomic E-state index is 11.9. The molecule has 0 spiro atoms. The smallest absolute Gasteiger partial charge is 0.319 e. The van der Waals surface area contributed by atoms with Gasteiger partial charge in [-0.25, -0.2) is 4.79 Å². The van der Waals surface area contributed by atoms with E-state index in [1.807, 2.05) is 6.92 Å². The molecule has 0 aliphatic carbocycles. The first kappa shape index (κ1) is 13.8. The first-order valence-corrected chi connectivity index (χ1v) is 5.39. The van der Waals surface area contributed by atoms with Crippen molar-refractivity contribution in [3.63, 3.8) is 0 Å². The molecular formula is C11H21N3O. The number of hydrogen-bond donors (Lipinski definition) is 0. The van der Waals surface area contributed by atoms with Crippen LogP contribution >= 0.6 is 0 Å². The third kappa shape index (κ3) is 5.26. The minimum absolute atomic E-state index is 0.0152. The number of urea groups is 1. The largest absolute Gasteiger partial charge is 0.328 e. The summed E-state index contributed by atoms with van der Waals surface area (Å²) in [7, 11) is 1.78. The monoisotopic (exact) mass is 211 g/mol. The van der Waals surface area contributed by atoms with Gasteiger partial charge in [-0.3, -0.25) is 0 Å². The van der Waals surface area contributed by atoms with Gasteiger partial charge in [-0.2, -0.15) is 5.26 Å². The van der Waals surface area contributed by atoms with E-state index in [2.05, 4.69) is 19.9 Å². The molecule has 0 aliphatic rings. The SMILES string of the molecule is CCN(C)C(=O)N(CCC#N)CC(C)C. The van der Waals surface area contributed by atoms with Gasteiger partial charge in [0, 0.05) is 26.7 Å². The van der Waals surface area contributed by atoms with Gasteiger partial charge in [0.05, 0.1) is 12.5 Å². The third-order valence-corrected chi connectivity index (χ3v) is 2.15. The number of carbonyl (C=O) groups is 1. The van der Waals surface area contributed by atoms with E-state index >= 15 is 0 Å². The minimum atomic E-state index is 0.0152. The molecule has 0 radical (unpaired) electrons. The van der Waals surface area contributed by atoms with Crippen LogP contribution in [0.1, 0.15) is 27.2 Å². The predicted molar refractivity (Wildman–Crippen MR) is 60.3 cm³/mol. The molecule has 0 atom stereocenters. The quantitative estimate of drug-likeness (QED) is 0.697. The molecule has 0 saturated carbocycles. The molecule has 4 heteroatoms. The van der Waals surface area contributed by atoms with Crippen LogP contribution in [0.4, 0.5) is 4.79 Å². The molecule has 0 rings (SSSR count). The zero-order chi connectivity index (χ0) is 11.8. The highest BCUT2D eigenvalue weighted by Crippen LogP contribution is 2.03. The Morgan fingerprint density at radius 3 is 2.47 bits per heavy atom. The second kappa shape index (κ2) is 7.10. The van der Waals surface area contributed by atoms with Gasteiger partial charge in [0.1, 0.15) is 0 Å². The van der Waals surface area contributed by atoms with Gasteiger partial charge in [0.15, 0.2) is 0 Å². The number of amides is 2. The van der Waals surface area contributed by atoms with Crippen LogP contribution in [0.15, 0.2) is 0 Å². The maximum absolute atomic E-state index is 11.9. The number of nitriles is 1. The molecule has 0 aromatic heterocycles. The molecule has 0 bridgehead atoms. The Morgan fingerprint density at radius 2 is 2.07 bits per heavy atom. The highest BCUT2D eigenvalue weighted by Gasteiger charge is 2.17. The van der Waals surface area contributed by atoms with Gasteiger partial charge in [0.25, 0.3) is 0 Å². The number of carbonyl (C=O) groups excluding carboxylic acids is 1. The predicted octanol–water partition coefficient (Wildman–Crippen LogP) is 1.93. The van der Waals surface area contributed by atoms with Crippen LogP contribution in [-0.2, 0) is 0 Å². The standard InChI is InChI=1S/C11H21N3O/c1-5-13(4)11(15)14(8-6-7-12)9-10(2)3/h10H,5-6,8-9H2,1-4H3. The summed E-state index contributed by atoms with van der Waals surface area (Å²) in [5, 5.41) is 8.53. The summed E-state index contributed by atoms with van der Waals surface area (Å²) in [5.41, 5.74) is 0. The van der Waals surface area contributed by atoms with Crippen molar-refractivity contribution in [1.29, 1.82) is 5.26 Å². The Hall–Kier alpha value is -1.24. The van der Waals surface area contributed by atoms with Crippen molar-refractivity contribution in [2.24, 2.45) is 5.92 Å². The average Bonchev–Trinajstić information content (AvgIpc) is 2.21. The van der Waals surface area contributed by atoms with Crippen molar-refractivity contribution in [2.45, 2.75) is 27.2 Å². The van der Waals surface area contributed by atoms with Crippen LogP contribution in [0.5, 0.6) is 0 Å². The Kier molecular flexibility index (Phi) is 6.52. The average molecular weight is 211 g/mol. The molecule has 0 aromatic carbocycles. The van der Waals surface area contributed by atoms with Gasteiger partial charge in [0.2, 0.25) is 0 Å². The van der Waals surface area contributed by atoms with E-state index in [0.29, 0.717) is 32.0 Å². The Labute approximate surface area is 92.5 Å². The summed E-state index contributed by atoms with van der Waals surface area (Å²) in [6.07, 6.45) is 0.399. The second-order valence-electron chi connectivity index (χ2n) is 4.04. The van der Waals surface area contributed by atoms with E-state index < -0.39 is 0 Å². The van der Waals surface area contributed by atoms with Crippen LogP contribution in [0, 0.1) is 17.2 Å². The number of nitrogens with zero attached hydrogens (tertiary/aromatic N) is 3. The van der Waals surface area contributed by atoms with E-state index in [1.54, 1.807) is 16.8 Å². The van der Waals surface area contributed by atoms with Crippen molar-refractivity contribution in [1.82, 2.24) is 9.80 Å². The van der Waals surface area contributed by atoms with Crippen LogP contribution in [0.3, 0.4) is 0 Å².